The van der Waals surface area contributed by atoms with Gasteiger partial charge in [0.25, 0.3) is 5.91 Å². The average Bonchev–Trinajstić information content (AvgIpc) is 3.45. The van der Waals surface area contributed by atoms with E-state index >= 15 is 0 Å². The fourth-order valence-corrected chi connectivity index (χ4v) is 6.34. The highest BCUT2D eigenvalue weighted by Gasteiger charge is 2.16. The Hall–Kier alpha value is -2.51. The van der Waals surface area contributed by atoms with Crippen molar-refractivity contribution in [2.75, 3.05) is 39.3 Å². The smallest absolute Gasteiger partial charge is 0.251 e. The summed E-state index contributed by atoms with van der Waals surface area (Å²) < 4.78 is 28.0. The van der Waals surface area contributed by atoms with Gasteiger partial charge >= 0.3 is 0 Å². The predicted octanol–water partition coefficient (Wildman–Crippen LogP) is 3.49. The maximum Gasteiger partial charge on any atom is 0.251 e. The van der Waals surface area contributed by atoms with Crippen molar-refractivity contribution in [2.24, 2.45) is 0 Å². The van der Waals surface area contributed by atoms with Gasteiger partial charge in [-0.15, -0.1) is 11.3 Å². The number of carbonyl (C=O) groups excluding carboxylic acids is 2. The highest BCUT2D eigenvalue weighted by atomic mass is 32.2. The maximum absolute atomic E-state index is 12.6. The second-order valence-corrected chi connectivity index (χ2v) is 13.1. The highest BCUT2D eigenvalue weighted by molar-refractivity contribution is 7.91. The molecule has 12 heteroatoms. The second kappa shape index (κ2) is 20.4. The van der Waals surface area contributed by atoms with E-state index in [1.807, 2.05) is 0 Å². The number of aromatic hydroxyl groups is 1. The molecule has 41 heavy (non-hydrogen) atoms. The Morgan fingerprint density at radius 3 is 2.12 bits per heavy atom. The molecule has 2 aromatic rings. The Bertz CT molecular complexity index is 1120. The lowest BCUT2D eigenvalue weighted by Crippen LogP contribution is -2.27. The van der Waals surface area contributed by atoms with Gasteiger partial charge in [0, 0.05) is 30.0 Å². The third-order valence-electron chi connectivity index (χ3n) is 6.34. The molecule has 0 spiro atoms. The minimum absolute atomic E-state index is 0.0346. The Kier molecular flexibility index (Phi) is 17.2. The summed E-state index contributed by atoms with van der Waals surface area (Å²) in [4.78, 5) is 24.9. The van der Waals surface area contributed by atoms with E-state index < -0.39 is 10.0 Å². The first-order chi connectivity index (χ1) is 19.8. The number of phenols is 1. The largest absolute Gasteiger partial charge is 0.508 e. The molecule has 0 radical (unpaired) electrons. The first-order valence-electron chi connectivity index (χ1n) is 14.7. The van der Waals surface area contributed by atoms with Crippen LogP contribution >= 0.6 is 11.3 Å². The van der Waals surface area contributed by atoms with Crippen LogP contribution in [0.1, 0.15) is 79.9 Å². The summed E-state index contributed by atoms with van der Waals surface area (Å²) in [6.07, 6.45) is 8.24. The van der Waals surface area contributed by atoms with E-state index in [1.54, 1.807) is 6.07 Å². The molecule has 0 aliphatic rings. The zero-order valence-corrected chi connectivity index (χ0v) is 25.8. The molecular weight excluding hydrogens is 562 g/mol. The van der Waals surface area contributed by atoms with Crippen molar-refractivity contribution < 1.29 is 23.1 Å². The number of hydrogen-bond donors (Lipinski definition) is 6. The fraction of sp³-hybridized carbons (Fsp3) is 0.586. The monoisotopic (exact) mass is 609 g/mol. The van der Waals surface area contributed by atoms with Crippen molar-refractivity contribution >= 4 is 33.2 Å². The van der Waals surface area contributed by atoms with Crippen LogP contribution in [0.3, 0.4) is 0 Å². The van der Waals surface area contributed by atoms with E-state index in [9.17, 15) is 23.1 Å². The summed E-state index contributed by atoms with van der Waals surface area (Å²) in [6.45, 7) is 7.44. The Morgan fingerprint density at radius 2 is 1.41 bits per heavy atom. The van der Waals surface area contributed by atoms with E-state index in [0.717, 1.165) is 56.8 Å². The molecule has 0 fully saturated rings. The molecule has 0 bridgehead atoms. The molecule has 10 nitrogen and oxygen atoms in total. The number of sulfonamides is 1. The SMILES string of the molecule is CCCCNCCCCNCCCNC(=O)CCCCCNS(=O)(=O)c1ccc(CNC(=O)c2ccc(O)cc2)s1. The summed E-state index contributed by atoms with van der Waals surface area (Å²) in [5.74, 6) is -0.194. The van der Waals surface area contributed by atoms with Crippen molar-refractivity contribution in [1.82, 2.24) is 26.0 Å². The summed E-state index contributed by atoms with van der Waals surface area (Å²) >= 11 is 1.11. The first-order valence-corrected chi connectivity index (χ1v) is 17.0. The molecule has 0 saturated carbocycles. The molecule has 2 rings (SSSR count). The van der Waals surface area contributed by atoms with Crippen LogP contribution in [-0.4, -0.2) is 64.6 Å². The fourth-order valence-electron chi connectivity index (χ4n) is 3.93. The molecule has 0 aliphatic carbocycles. The molecule has 0 aliphatic heterocycles. The minimum atomic E-state index is -3.63. The number of thiophene rings is 1. The Morgan fingerprint density at radius 1 is 0.756 bits per heavy atom. The summed E-state index contributed by atoms with van der Waals surface area (Å²) in [6, 6.07) is 9.11. The zero-order chi connectivity index (χ0) is 29.8. The number of phenolic OH excluding ortho intramolecular Hbond substituents is 1. The van der Waals surface area contributed by atoms with Crippen molar-refractivity contribution in [3.8, 4) is 5.75 Å². The number of hydrogen-bond acceptors (Lipinski definition) is 8. The van der Waals surface area contributed by atoms with Gasteiger partial charge in [-0.05, 0) is 101 Å². The van der Waals surface area contributed by atoms with Crippen LogP contribution in [0.4, 0.5) is 0 Å². The molecule has 0 saturated heterocycles. The van der Waals surface area contributed by atoms with Crippen LogP contribution in [0.5, 0.6) is 5.75 Å². The molecule has 1 aromatic heterocycles. The third-order valence-corrected chi connectivity index (χ3v) is 9.38. The van der Waals surface area contributed by atoms with Gasteiger partial charge in [0.2, 0.25) is 15.9 Å². The molecule has 2 amide bonds. The number of amides is 2. The summed E-state index contributed by atoms with van der Waals surface area (Å²) in [5, 5.41) is 21.9. The number of carbonyl (C=O) groups is 2. The van der Waals surface area contributed by atoms with Gasteiger partial charge in [0.15, 0.2) is 0 Å². The Labute approximate surface area is 249 Å². The maximum atomic E-state index is 12.6. The lowest BCUT2D eigenvalue weighted by atomic mass is 10.2. The van der Waals surface area contributed by atoms with E-state index in [1.165, 1.54) is 49.6 Å². The third kappa shape index (κ3) is 15.3. The number of benzene rings is 1. The van der Waals surface area contributed by atoms with E-state index in [-0.39, 0.29) is 28.3 Å². The van der Waals surface area contributed by atoms with Crippen molar-refractivity contribution in [1.29, 1.82) is 0 Å². The molecule has 0 atom stereocenters. The van der Waals surface area contributed by atoms with Crippen molar-refractivity contribution in [3.05, 3.63) is 46.8 Å². The summed E-state index contributed by atoms with van der Waals surface area (Å²) in [5.41, 5.74) is 0.409. The number of rotatable bonds is 23. The van der Waals surface area contributed by atoms with Crippen LogP contribution < -0.4 is 26.0 Å². The molecule has 230 valence electrons. The first kappa shape index (κ1) is 34.7. The van der Waals surface area contributed by atoms with Gasteiger partial charge in [-0.1, -0.05) is 19.8 Å². The van der Waals surface area contributed by atoms with E-state index in [2.05, 4.69) is 32.9 Å². The lowest BCUT2D eigenvalue weighted by Gasteiger charge is -2.08. The standard InChI is InChI=1S/C29H47N5O5S2/c1-2-3-17-30-18-7-8-19-31-20-9-21-32-27(36)10-5-4-6-22-34-41(38,39)28-16-15-26(40-28)23-33-29(37)24-11-13-25(35)14-12-24/h11-16,30-31,34-35H,2-10,17-23H2,1H3,(H,32,36)(H,33,37). The quantitative estimate of drug-likeness (QED) is 0.106. The molecular formula is C29H47N5O5S2. The predicted molar refractivity (Wildman–Crippen MR) is 165 cm³/mol. The lowest BCUT2D eigenvalue weighted by molar-refractivity contribution is -0.121. The van der Waals surface area contributed by atoms with Gasteiger partial charge < -0.3 is 26.4 Å². The topological polar surface area (TPSA) is 149 Å². The second-order valence-electron chi connectivity index (χ2n) is 9.92. The van der Waals surface area contributed by atoms with Crippen LogP contribution in [0.25, 0.3) is 0 Å². The van der Waals surface area contributed by atoms with Gasteiger partial charge in [-0.25, -0.2) is 13.1 Å². The normalized spacial score (nSPS) is 11.4. The van der Waals surface area contributed by atoms with E-state index in [4.69, 9.17) is 0 Å². The van der Waals surface area contributed by atoms with Gasteiger partial charge in [0.05, 0.1) is 6.54 Å². The van der Waals surface area contributed by atoms with Gasteiger partial charge in [-0.3, -0.25) is 9.59 Å². The molecule has 1 heterocycles. The molecule has 6 N–H and O–H groups in total. The highest BCUT2D eigenvalue weighted by Crippen LogP contribution is 2.21. The Balaban J connectivity index is 1.48. The van der Waals surface area contributed by atoms with Crippen LogP contribution in [-0.2, 0) is 21.4 Å². The van der Waals surface area contributed by atoms with Crippen LogP contribution in [0.2, 0.25) is 0 Å². The number of unbranched alkanes of at least 4 members (excludes halogenated alkanes) is 4. The molecule has 1 aromatic carbocycles. The van der Waals surface area contributed by atoms with Crippen molar-refractivity contribution in [3.63, 3.8) is 0 Å². The average molecular weight is 610 g/mol. The van der Waals surface area contributed by atoms with Crippen LogP contribution in [0, 0.1) is 0 Å². The zero-order valence-electron chi connectivity index (χ0n) is 24.2. The van der Waals surface area contributed by atoms with Crippen LogP contribution in [0.15, 0.2) is 40.6 Å². The van der Waals surface area contributed by atoms with Crippen molar-refractivity contribution in [2.45, 2.75) is 75.5 Å². The van der Waals surface area contributed by atoms with Gasteiger partial charge in [-0.2, -0.15) is 0 Å². The van der Waals surface area contributed by atoms with Gasteiger partial charge in [0.1, 0.15) is 9.96 Å². The molecule has 0 unspecified atom stereocenters. The minimum Gasteiger partial charge on any atom is -0.508 e. The summed E-state index contributed by atoms with van der Waals surface area (Å²) in [7, 11) is -3.63. The van der Waals surface area contributed by atoms with E-state index in [0.29, 0.717) is 42.8 Å². The number of nitrogens with one attached hydrogen (secondary N) is 5.